The Morgan fingerprint density at radius 1 is 1.22 bits per heavy atom. The summed E-state index contributed by atoms with van der Waals surface area (Å²) in [5.41, 5.74) is 7.21. The standard InChI is InChI=1S/C13H13ClFN3/c1-18(10-4-2-9(15)3-5-10)8-12-11(14)6-7-13(16)17-12/h2-7H,8H2,1H3,(H2,16,17). The minimum absolute atomic E-state index is 0.257. The molecule has 0 aliphatic carbocycles. The average Bonchev–Trinajstić information content (AvgIpc) is 2.34. The minimum Gasteiger partial charge on any atom is -0.384 e. The molecule has 0 bridgehead atoms. The zero-order valence-electron chi connectivity index (χ0n) is 9.90. The Labute approximate surface area is 110 Å². The van der Waals surface area contributed by atoms with E-state index in [1.807, 2.05) is 11.9 Å². The highest BCUT2D eigenvalue weighted by molar-refractivity contribution is 6.31. The molecular weight excluding hydrogens is 253 g/mol. The first-order chi connectivity index (χ1) is 8.56. The molecule has 0 unspecified atom stereocenters. The van der Waals surface area contributed by atoms with Gasteiger partial charge in [-0.15, -0.1) is 0 Å². The number of hydrogen-bond acceptors (Lipinski definition) is 3. The predicted octanol–water partition coefficient (Wildman–Crippen LogP) is 3.09. The van der Waals surface area contributed by atoms with E-state index in [2.05, 4.69) is 4.98 Å². The summed E-state index contributed by atoms with van der Waals surface area (Å²) in [5, 5.41) is 0.568. The SMILES string of the molecule is CN(Cc1nc(N)ccc1Cl)c1ccc(F)cc1. The van der Waals surface area contributed by atoms with E-state index >= 15 is 0 Å². The van der Waals surface area contributed by atoms with Crippen molar-refractivity contribution in [3.63, 3.8) is 0 Å². The lowest BCUT2D eigenvalue weighted by atomic mass is 10.2. The van der Waals surface area contributed by atoms with Crippen LogP contribution in [0.1, 0.15) is 5.69 Å². The molecule has 3 nitrogen and oxygen atoms in total. The number of nitrogens with zero attached hydrogens (tertiary/aromatic N) is 2. The summed E-state index contributed by atoms with van der Waals surface area (Å²) in [6.45, 7) is 0.509. The minimum atomic E-state index is -0.257. The molecule has 1 heterocycles. The van der Waals surface area contributed by atoms with Gasteiger partial charge in [0, 0.05) is 12.7 Å². The van der Waals surface area contributed by atoms with Gasteiger partial charge in [-0.3, -0.25) is 0 Å². The number of pyridine rings is 1. The van der Waals surface area contributed by atoms with Crippen LogP contribution in [0.5, 0.6) is 0 Å². The van der Waals surface area contributed by atoms with E-state index in [1.165, 1.54) is 12.1 Å². The molecule has 0 fully saturated rings. The molecule has 2 rings (SSSR count). The number of aromatic nitrogens is 1. The molecule has 2 aromatic rings. The second-order valence-electron chi connectivity index (χ2n) is 4.00. The van der Waals surface area contributed by atoms with Crippen LogP contribution >= 0.6 is 11.6 Å². The molecule has 5 heteroatoms. The van der Waals surface area contributed by atoms with Crippen molar-refractivity contribution in [2.45, 2.75) is 6.54 Å². The summed E-state index contributed by atoms with van der Waals surface area (Å²) in [4.78, 5) is 6.11. The predicted molar refractivity (Wildman–Crippen MR) is 72.2 cm³/mol. The first-order valence-corrected chi connectivity index (χ1v) is 5.81. The van der Waals surface area contributed by atoms with Gasteiger partial charge in [0.2, 0.25) is 0 Å². The van der Waals surface area contributed by atoms with Gasteiger partial charge in [-0.25, -0.2) is 9.37 Å². The number of anilines is 2. The molecule has 0 saturated heterocycles. The topological polar surface area (TPSA) is 42.2 Å². The number of nitrogens with two attached hydrogens (primary N) is 1. The second kappa shape index (κ2) is 5.23. The van der Waals surface area contributed by atoms with Crippen molar-refractivity contribution in [3.05, 3.63) is 52.9 Å². The smallest absolute Gasteiger partial charge is 0.123 e. The van der Waals surface area contributed by atoms with Crippen LogP contribution in [0.4, 0.5) is 15.9 Å². The fraction of sp³-hybridized carbons (Fsp3) is 0.154. The van der Waals surface area contributed by atoms with E-state index < -0.39 is 0 Å². The average molecular weight is 266 g/mol. The molecule has 2 N–H and O–H groups in total. The maximum absolute atomic E-state index is 12.8. The third-order valence-corrected chi connectivity index (χ3v) is 2.94. The normalized spacial score (nSPS) is 10.4. The lowest BCUT2D eigenvalue weighted by molar-refractivity contribution is 0.627. The van der Waals surface area contributed by atoms with Crippen LogP contribution in [0.3, 0.4) is 0 Å². The molecule has 1 aromatic heterocycles. The van der Waals surface area contributed by atoms with Crippen molar-refractivity contribution < 1.29 is 4.39 Å². The summed E-state index contributed by atoms with van der Waals surface area (Å²) in [5.74, 6) is 0.175. The number of hydrogen-bond donors (Lipinski definition) is 1. The molecule has 0 amide bonds. The second-order valence-corrected chi connectivity index (χ2v) is 4.40. The highest BCUT2D eigenvalue weighted by Crippen LogP contribution is 2.20. The van der Waals surface area contributed by atoms with Gasteiger partial charge in [0.05, 0.1) is 17.3 Å². The molecule has 0 spiro atoms. The molecule has 18 heavy (non-hydrogen) atoms. The van der Waals surface area contributed by atoms with Crippen LogP contribution in [-0.4, -0.2) is 12.0 Å². The van der Waals surface area contributed by atoms with Crippen molar-refractivity contribution in [1.29, 1.82) is 0 Å². The zero-order valence-corrected chi connectivity index (χ0v) is 10.7. The summed E-state index contributed by atoms with van der Waals surface area (Å²) >= 11 is 6.05. The van der Waals surface area contributed by atoms with Crippen molar-refractivity contribution >= 4 is 23.1 Å². The highest BCUT2D eigenvalue weighted by atomic mass is 35.5. The quantitative estimate of drug-likeness (QED) is 0.927. The van der Waals surface area contributed by atoms with E-state index in [9.17, 15) is 4.39 Å². The summed E-state index contributed by atoms with van der Waals surface area (Å²) in [7, 11) is 1.88. The van der Waals surface area contributed by atoms with Gasteiger partial charge in [0.15, 0.2) is 0 Å². The number of benzene rings is 1. The molecule has 0 saturated carbocycles. The first-order valence-electron chi connectivity index (χ1n) is 5.44. The van der Waals surface area contributed by atoms with E-state index in [0.29, 0.717) is 23.1 Å². The number of halogens is 2. The Hall–Kier alpha value is -1.81. The molecule has 0 aliphatic heterocycles. The van der Waals surface area contributed by atoms with Crippen molar-refractivity contribution in [3.8, 4) is 0 Å². The van der Waals surface area contributed by atoms with E-state index in [-0.39, 0.29) is 5.82 Å². The molecule has 94 valence electrons. The Morgan fingerprint density at radius 2 is 1.89 bits per heavy atom. The van der Waals surface area contributed by atoms with Gasteiger partial charge in [0.25, 0.3) is 0 Å². The summed E-state index contributed by atoms with van der Waals surface area (Å²) < 4.78 is 12.8. The molecular formula is C13H13ClFN3. The Morgan fingerprint density at radius 3 is 2.56 bits per heavy atom. The molecule has 1 aromatic carbocycles. The van der Waals surface area contributed by atoms with Crippen LogP contribution in [0.25, 0.3) is 0 Å². The van der Waals surface area contributed by atoms with Gasteiger partial charge in [-0.05, 0) is 36.4 Å². The van der Waals surface area contributed by atoms with Crippen molar-refractivity contribution in [2.24, 2.45) is 0 Å². The summed E-state index contributed by atoms with van der Waals surface area (Å²) in [6.07, 6.45) is 0. The van der Waals surface area contributed by atoms with Crippen LogP contribution in [0.15, 0.2) is 36.4 Å². The van der Waals surface area contributed by atoms with E-state index in [4.69, 9.17) is 17.3 Å². The maximum atomic E-state index is 12.8. The van der Waals surface area contributed by atoms with Crippen LogP contribution in [0.2, 0.25) is 5.02 Å². The molecule has 0 radical (unpaired) electrons. The first kappa shape index (κ1) is 12.6. The van der Waals surface area contributed by atoms with Crippen LogP contribution in [-0.2, 0) is 6.54 Å². The van der Waals surface area contributed by atoms with Gasteiger partial charge >= 0.3 is 0 Å². The lowest BCUT2D eigenvalue weighted by Gasteiger charge is -2.19. The van der Waals surface area contributed by atoms with Gasteiger partial charge in [0.1, 0.15) is 11.6 Å². The largest absolute Gasteiger partial charge is 0.384 e. The van der Waals surface area contributed by atoms with Crippen LogP contribution < -0.4 is 10.6 Å². The Balaban J connectivity index is 2.18. The van der Waals surface area contributed by atoms with E-state index in [0.717, 1.165) is 5.69 Å². The van der Waals surface area contributed by atoms with E-state index in [1.54, 1.807) is 24.3 Å². The third-order valence-electron chi connectivity index (χ3n) is 2.59. The zero-order chi connectivity index (χ0) is 13.1. The van der Waals surface area contributed by atoms with Crippen LogP contribution in [0, 0.1) is 5.82 Å². The van der Waals surface area contributed by atoms with Gasteiger partial charge in [-0.1, -0.05) is 11.6 Å². The molecule has 0 aliphatic rings. The number of rotatable bonds is 3. The Kier molecular flexibility index (Phi) is 3.67. The van der Waals surface area contributed by atoms with Crippen molar-refractivity contribution in [1.82, 2.24) is 4.98 Å². The molecule has 0 atom stereocenters. The fourth-order valence-electron chi connectivity index (χ4n) is 1.62. The van der Waals surface area contributed by atoms with Crippen molar-refractivity contribution in [2.75, 3.05) is 17.7 Å². The fourth-order valence-corrected chi connectivity index (χ4v) is 1.79. The summed E-state index contributed by atoms with van der Waals surface area (Å²) in [6, 6.07) is 9.62. The van der Waals surface area contributed by atoms with Gasteiger partial charge in [-0.2, -0.15) is 0 Å². The maximum Gasteiger partial charge on any atom is 0.123 e. The third kappa shape index (κ3) is 2.90. The monoisotopic (exact) mass is 265 g/mol. The lowest BCUT2D eigenvalue weighted by Crippen LogP contribution is -2.17. The number of nitrogen functional groups attached to an aromatic ring is 1. The Bertz CT molecular complexity index is 542. The highest BCUT2D eigenvalue weighted by Gasteiger charge is 2.07. The van der Waals surface area contributed by atoms with Gasteiger partial charge < -0.3 is 10.6 Å².